The number of β-amino-alcohol motifs (C(OH)–C–C–N with tert-alkyl or cyclic N) is 1. The Morgan fingerprint density at radius 3 is 2.89 bits per heavy atom. The van der Waals surface area contributed by atoms with Gasteiger partial charge in [0, 0.05) is 20.1 Å². The third-order valence-electron chi connectivity index (χ3n) is 3.70. The molecule has 1 aromatic carbocycles. The Morgan fingerprint density at radius 1 is 1.53 bits per heavy atom. The first kappa shape index (κ1) is 13.8. The zero-order valence-corrected chi connectivity index (χ0v) is 11.2. The highest BCUT2D eigenvalue weighted by molar-refractivity contribution is 5.99. The van der Waals surface area contributed by atoms with Crippen LogP contribution >= 0.6 is 0 Å². The lowest BCUT2D eigenvalue weighted by Gasteiger charge is -2.34. The molecule has 5 heteroatoms. The number of anilines is 1. The van der Waals surface area contributed by atoms with E-state index in [1.807, 2.05) is 6.92 Å². The van der Waals surface area contributed by atoms with Crippen LogP contribution in [0.2, 0.25) is 0 Å². The quantitative estimate of drug-likeness (QED) is 0.857. The molecule has 1 saturated heterocycles. The SMILES string of the molecule is CNc1c(F)cccc1C(=O)N1CCC(C)C(O)C1. The highest BCUT2D eigenvalue weighted by Gasteiger charge is 2.29. The highest BCUT2D eigenvalue weighted by Crippen LogP contribution is 2.24. The van der Waals surface area contributed by atoms with Crippen LogP contribution in [0.15, 0.2) is 18.2 Å². The second kappa shape index (κ2) is 5.57. The number of para-hydroxylation sites is 1. The van der Waals surface area contributed by atoms with Gasteiger partial charge in [-0.25, -0.2) is 4.39 Å². The van der Waals surface area contributed by atoms with Crippen molar-refractivity contribution in [1.82, 2.24) is 4.90 Å². The van der Waals surface area contributed by atoms with E-state index >= 15 is 0 Å². The molecule has 4 nitrogen and oxygen atoms in total. The molecule has 19 heavy (non-hydrogen) atoms. The second-order valence-electron chi connectivity index (χ2n) is 5.00. The summed E-state index contributed by atoms with van der Waals surface area (Å²) in [5.41, 5.74) is 0.518. The number of piperidine rings is 1. The van der Waals surface area contributed by atoms with Crippen molar-refractivity contribution < 1.29 is 14.3 Å². The van der Waals surface area contributed by atoms with E-state index in [9.17, 15) is 14.3 Å². The first-order chi connectivity index (χ1) is 9.04. The van der Waals surface area contributed by atoms with Gasteiger partial charge in [0.05, 0.1) is 17.4 Å². The van der Waals surface area contributed by atoms with Gasteiger partial charge in [-0.2, -0.15) is 0 Å². The van der Waals surface area contributed by atoms with Crippen molar-refractivity contribution in [3.8, 4) is 0 Å². The van der Waals surface area contributed by atoms with Crippen LogP contribution in [0, 0.1) is 11.7 Å². The van der Waals surface area contributed by atoms with Gasteiger partial charge in [0.1, 0.15) is 5.82 Å². The molecule has 2 unspecified atom stereocenters. The van der Waals surface area contributed by atoms with Crippen LogP contribution < -0.4 is 5.32 Å². The number of nitrogens with one attached hydrogen (secondary N) is 1. The summed E-state index contributed by atoms with van der Waals surface area (Å²) in [5, 5.41) is 12.6. The fraction of sp³-hybridized carbons (Fsp3) is 0.500. The number of carbonyl (C=O) groups is 1. The summed E-state index contributed by atoms with van der Waals surface area (Å²) in [7, 11) is 1.59. The van der Waals surface area contributed by atoms with E-state index in [0.29, 0.717) is 18.7 Å². The molecule has 2 atom stereocenters. The lowest BCUT2D eigenvalue weighted by atomic mass is 9.95. The van der Waals surface area contributed by atoms with Crippen LogP contribution in [0.5, 0.6) is 0 Å². The molecule has 0 aromatic heterocycles. The minimum absolute atomic E-state index is 0.195. The number of aliphatic hydroxyl groups excluding tert-OH is 1. The van der Waals surface area contributed by atoms with Crippen LogP contribution in [-0.2, 0) is 0 Å². The van der Waals surface area contributed by atoms with Gasteiger partial charge in [-0.3, -0.25) is 4.79 Å². The Morgan fingerprint density at radius 2 is 2.26 bits per heavy atom. The largest absolute Gasteiger partial charge is 0.391 e. The van der Waals surface area contributed by atoms with Crippen molar-refractivity contribution in [1.29, 1.82) is 0 Å². The smallest absolute Gasteiger partial charge is 0.256 e. The number of hydrogen-bond acceptors (Lipinski definition) is 3. The van der Waals surface area contributed by atoms with Crippen molar-refractivity contribution in [2.75, 3.05) is 25.5 Å². The highest BCUT2D eigenvalue weighted by atomic mass is 19.1. The maximum atomic E-state index is 13.6. The molecule has 1 aliphatic heterocycles. The third-order valence-corrected chi connectivity index (χ3v) is 3.70. The molecule has 0 saturated carbocycles. The van der Waals surface area contributed by atoms with E-state index in [1.54, 1.807) is 18.0 Å². The summed E-state index contributed by atoms with van der Waals surface area (Å²) in [5.74, 6) is -0.491. The maximum absolute atomic E-state index is 13.6. The Labute approximate surface area is 112 Å². The Kier molecular flexibility index (Phi) is 4.04. The zero-order valence-electron chi connectivity index (χ0n) is 11.2. The van der Waals surface area contributed by atoms with Gasteiger partial charge >= 0.3 is 0 Å². The van der Waals surface area contributed by atoms with Crippen LogP contribution in [0.1, 0.15) is 23.7 Å². The van der Waals surface area contributed by atoms with Gasteiger partial charge in [-0.1, -0.05) is 13.0 Å². The number of rotatable bonds is 2. The summed E-state index contributed by atoms with van der Waals surface area (Å²) in [4.78, 5) is 14.0. The first-order valence-electron chi connectivity index (χ1n) is 6.48. The molecule has 2 N–H and O–H groups in total. The lowest BCUT2D eigenvalue weighted by molar-refractivity contribution is 0.0249. The molecule has 104 valence electrons. The average molecular weight is 266 g/mol. The van der Waals surface area contributed by atoms with E-state index in [4.69, 9.17) is 0 Å². The summed E-state index contributed by atoms with van der Waals surface area (Å²) in [6, 6.07) is 4.43. The molecular weight excluding hydrogens is 247 g/mol. The number of amides is 1. The number of aliphatic hydroxyl groups is 1. The van der Waals surface area contributed by atoms with E-state index in [1.165, 1.54) is 12.1 Å². The van der Waals surface area contributed by atoms with Crippen molar-refractivity contribution in [2.45, 2.75) is 19.4 Å². The van der Waals surface area contributed by atoms with Crippen LogP contribution in [0.4, 0.5) is 10.1 Å². The number of benzene rings is 1. The predicted octanol–water partition coefficient (Wildman–Crippen LogP) is 1.71. The van der Waals surface area contributed by atoms with Gasteiger partial charge in [0.2, 0.25) is 0 Å². The number of halogens is 1. The van der Waals surface area contributed by atoms with Crippen molar-refractivity contribution in [3.63, 3.8) is 0 Å². The summed E-state index contributed by atoms with van der Waals surface area (Å²) < 4.78 is 13.6. The average Bonchev–Trinajstić information content (AvgIpc) is 2.40. The summed E-state index contributed by atoms with van der Waals surface area (Å²) in [6.07, 6.45) is 0.251. The topological polar surface area (TPSA) is 52.6 Å². The number of likely N-dealkylation sites (tertiary alicyclic amines) is 1. The van der Waals surface area contributed by atoms with Crippen molar-refractivity contribution in [3.05, 3.63) is 29.6 Å². The fourth-order valence-electron chi connectivity index (χ4n) is 2.36. The van der Waals surface area contributed by atoms with Gasteiger partial charge in [0.15, 0.2) is 0 Å². The molecule has 1 aliphatic rings. The normalized spacial score (nSPS) is 23.3. The Bertz CT molecular complexity index is 479. The fourth-order valence-corrected chi connectivity index (χ4v) is 2.36. The van der Waals surface area contributed by atoms with Crippen molar-refractivity contribution >= 4 is 11.6 Å². The standard InChI is InChI=1S/C14H19FN2O2/c1-9-6-7-17(8-12(9)18)14(19)10-4-3-5-11(15)13(10)16-2/h3-5,9,12,16,18H,6-8H2,1-2H3. The predicted molar refractivity (Wildman–Crippen MR) is 71.6 cm³/mol. The minimum atomic E-state index is -0.510. The third kappa shape index (κ3) is 2.71. The van der Waals surface area contributed by atoms with E-state index in [0.717, 1.165) is 6.42 Å². The Hall–Kier alpha value is -1.62. The van der Waals surface area contributed by atoms with E-state index in [2.05, 4.69) is 5.32 Å². The summed E-state index contributed by atoms with van der Waals surface area (Å²) in [6.45, 7) is 2.87. The van der Waals surface area contributed by atoms with Crippen LogP contribution in [0.25, 0.3) is 0 Å². The van der Waals surface area contributed by atoms with Gasteiger partial charge in [-0.05, 0) is 24.5 Å². The van der Waals surface area contributed by atoms with Crippen LogP contribution in [-0.4, -0.2) is 42.2 Å². The molecule has 0 bridgehead atoms. The lowest BCUT2D eigenvalue weighted by Crippen LogP contribution is -2.46. The number of nitrogens with zero attached hydrogens (tertiary/aromatic N) is 1. The van der Waals surface area contributed by atoms with Crippen LogP contribution in [0.3, 0.4) is 0 Å². The van der Waals surface area contributed by atoms with Crippen molar-refractivity contribution in [2.24, 2.45) is 5.92 Å². The van der Waals surface area contributed by atoms with Gasteiger partial charge in [0.25, 0.3) is 5.91 Å². The molecule has 2 rings (SSSR count). The molecule has 0 spiro atoms. The number of hydrogen-bond donors (Lipinski definition) is 2. The van der Waals surface area contributed by atoms with Gasteiger partial charge < -0.3 is 15.3 Å². The van der Waals surface area contributed by atoms with Gasteiger partial charge in [-0.15, -0.1) is 0 Å². The molecule has 0 aliphatic carbocycles. The molecule has 0 radical (unpaired) electrons. The number of carbonyl (C=O) groups excluding carboxylic acids is 1. The first-order valence-corrected chi connectivity index (χ1v) is 6.48. The molecular formula is C14H19FN2O2. The summed E-state index contributed by atoms with van der Waals surface area (Å²) >= 11 is 0. The Balaban J connectivity index is 2.23. The molecule has 1 amide bonds. The molecule has 1 heterocycles. The maximum Gasteiger partial charge on any atom is 0.256 e. The molecule has 1 aromatic rings. The second-order valence-corrected chi connectivity index (χ2v) is 5.00. The molecule has 1 fully saturated rings. The zero-order chi connectivity index (χ0) is 14.0. The van der Waals surface area contributed by atoms with E-state index in [-0.39, 0.29) is 17.5 Å². The van der Waals surface area contributed by atoms with E-state index < -0.39 is 11.9 Å². The minimum Gasteiger partial charge on any atom is -0.391 e. The monoisotopic (exact) mass is 266 g/mol.